The van der Waals surface area contributed by atoms with Gasteiger partial charge in [0.2, 0.25) is 0 Å². The first-order valence-corrected chi connectivity index (χ1v) is 7.72. The molecular formula is C18H20N2O5. The number of pyridine rings is 1. The third-order valence-corrected chi connectivity index (χ3v) is 3.48. The van der Waals surface area contributed by atoms with Crippen molar-refractivity contribution in [1.82, 2.24) is 9.88 Å². The van der Waals surface area contributed by atoms with Crippen molar-refractivity contribution in [2.45, 2.75) is 12.7 Å². The zero-order valence-electron chi connectivity index (χ0n) is 13.8. The van der Waals surface area contributed by atoms with E-state index in [4.69, 9.17) is 9.84 Å². The van der Waals surface area contributed by atoms with E-state index in [-0.39, 0.29) is 24.4 Å². The van der Waals surface area contributed by atoms with Gasteiger partial charge in [-0.05, 0) is 17.7 Å². The second-order valence-electron chi connectivity index (χ2n) is 5.58. The van der Waals surface area contributed by atoms with Crippen LogP contribution in [0.2, 0.25) is 0 Å². The molecule has 7 nitrogen and oxygen atoms in total. The van der Waals surface area contributed by atoms with Crippen molar-refractivity contribution in [3.05, 3.63) is 65.5 Å². The number of carbonyl (C=O) groups is 2. The van der Waals surface area contributed by atoms with Crippen LogP contribution in [0.25, 0.3) is 0 Å². The summed E-state index contributed by atoms with van der Waals surface area (Å²) >= 11 is 0. The first-order valence-electron chi connectivity index (χ1n) is 7.72. The van der Waals surface area contributed by atoms with Crippen molar-refractivity contribution in [2.75, 3.05) is 20.2 Å². The number of carboxylic acid groups (broad SMARTS) is 1. The minimum absolute atomic E-state index is 0.0137. The van der Waals surface area contributed by atoms with Gasteiger partial charge in [0, 0.05) is 19.8 Å². The number of hydrogen-bond acceptors (Lipinski definition) is 5. The molecule has 2 rings (SSSR count). The summed E-state index contributed by atoms with van der Waals surface area (Å²) in [5, 5.41) is 19.0. The van der Waals surface area contributed by atoms with Gasteiger partial charge in [-0.3, -0.25) is 9.78 Å². The largest absolute Gasteiger partial charge is 0.478 e. The summed E-state index contributed by atoms with van der Waals surface area (Å²) in [4.78, 5) is 28.4. The lowest BCUT2D eigenvalue weighted by atomic mass is 10.2. The Balaban J connectivity index is 1.83. The number of rotatable bonds is 8. The van der Waals surface area contributed by atoms with Gasteiger partial charge >= 0.3 is 5.97 Å². The first kappa shape index (κ1) is 18.6. The van der Waals surface area contributed by atoms with Crippen LogP contribution in [0.1, 0.15) is 26.4 Å². The summed E-state index contributed by atoms with van der Waals surface area (Å²) in [5.74, 6) is -1.60. The number of hydrogen-bond donors (Lipinski definition) is 2. The number of carboxylic acids is 1. The molecule has 1 aromatic carbocycles. The second-order valence-corrected chi connectivity index (χ2v) is 5.58. The molecule has 7 heteroatoms. The summed E-state index contributed by atoms with van der Waals surface area (Å²) in [6.07, 6.45) is 0.407. The molecule has 1 heterocycles. The summed E-state index contributed by atoms with van der Waals surface area (Å²) in [6, 6.07) is 12.1. The van der Waals surface area contributed by atoms with Gasteiger partial charge in [0.1, 0.15) is 5.69 Å². The topological polar surface area (TPSA) is 100.0 Å². The zero-order chi connectivity index (χ0) is 18.2. The van der Waals surface area contributed by atoms with E-state index in [1.807, 2.05) is 30.3 Å². The molecule has 0 radical (unpaired) electrons. The van der Waals surface area contributed by atoms with Crippen LogP contribution in [0.5, 0.6) is 0 Å². The maximum atomic E-state index is 12.3. The van der Waals surface area contributed by atoms with Crippen molar-refractivity contribution < 1.29 is 24.5 Å². The standard InChI is InChI=1S/C18H20N2O5/c1-20(17(22)16-9-14(18(23)24)7-8-19-16)10-15(21)12-25-11-13-5-3-2-4-6-13/h2-9,15,21H,10-12H2,1H3,(H,23,24). The molecular weight excluding hydrogens is 324 g/mol. The van der Waals surface area contributed by atoms with Crippen LogP contribution in [0.3, 0.4) is 0 Å². The summed E-state index contributed by atoms with van der Waals surface area (Å²) in [6.45, 7) is 0.499. The highest BCUT2D eigenvalue weighted by Gasteiger charge is 2.18. The smallest absolute Gasteiger partial charge is 0.335 e. The maximum absolute atomic E-state index is 12.3. The Morgan fingerprint density at radius 2 is 1.96 bits per heavy atom. The van der Waals surface area contributed by atoms with E-state index >= 15 is 0 Å². The van der Waals surface area contributed by atoms with Crippen molar-refractivity contribution in [2.24, 2.45) is 0 Å². The Morgan fingerprint density at radius 1 is 1.24 bits per heavy atom. The van der Waals surface area contributed by atoms with E-state index in [1.54, 1.807) is 0 Å². The fraction of sp³-hybridized carbons (Fsp3) is 0.278. The molecule has 0 aliphatic rings. The number of nitrogens with zero attached hydrogens (tertiary/aromatic N) is 2. The molecule has 0 aliphatic heterocycles. The number of amides is 1. The lowest BCUT2D eigenvalue weighted by molar-refractivity contribution is 0.0136. The van der Waals surface area contributed by atoms with Crippen LogP contribution in [0.15, 0.2) is 48.7 Å². The number of carbonyl (C=O) groups excluding carboxylic acids is 1. The van der Waals surface area contributed by atoms with Gasteiger partial charge in [-0.2, -0.15) is 0 Å². The molecule has 1 atom stereocenters. The van der Waals surface area contributed by atoms with Crippen LogP contribution in [-0.4, -0.2) is 58.3 Å². The first-order chi connectivity index (χ1) is 12.0. The third-order valence-electron chi connectivity index (χ3n) is 3.48. The number of aromatic nitrogens is 1. The van der Waals surface area contributed by atoms with Gasteiger partial charge in [-0.15, -0.1) is 0 Å². The fourth-order valence-electron chi connectivity index (χ4n) is 2.21. The Morgan fingerprint density at radius 3 is 2.64 bits per heavy atom. The summed E-state index contributed by atoms with van der Waals surface area (Å²) < 4.78 is 5.44. The lowest BCUT2D eigenvalue weighted by Gasteiger charge is -2.20. The highest BCUT2D eigenvalue weighted by Crippen LogP contribution is 2.06. The Labute approximate surface area is 145 Å². The van der Waals surface area contributed by atoms with E-state index in [0.29, 0.717) is 6.61 Å². The number of aliphatic hydroxyl groups excluding tert-OH is 1. The number of aliphatic hydroxyl groups is 1. The molecule has 25 heavy (non-hydrogen) atoms. The minimum Gasteiger partial charge on any atom is -0.478 e. The van der Waals surface area contributed by atoms with Crippen molar-refractivity contribution in [1.29, 1.82) is 0 Å². The van der Waals surface area contributed by atoms with Crippen molar-refractivity contribution in [3.63, 3.8) is 0 Å². The SMILES string of the molecule is CN(CC(O)COCc1ccccc1)C(=O)c1cc(C(=O)O)ccn1. The van der Waals surface area contributed by atoms with Crippen LogP contribution < -0.4 is 0 Å². The van der Waals surface area contributed by atoms with Gasteiger partial charge < -0.3 is 19.8 Å². The molecule has 1 unspecified atom stereocenters. The fourth-order valence-corrected chi connectivity index (χ4v) is 2.21. The Hall–Kier alpha value is -2.77. The average molecular weight is 344 g/mol. The van der Waals surface area contributed by atoms with E-state index in [9.17, 15) is 14.7 Å². The monoisotopic (exact) mass is 344 g/mol. The highest BCUT2D eigenvalue weighted by atomic mass is 16.5. The molecule has 0 aliphatic carbocycles. The Bertz CT molecular complexity index is 720. The van der Waals surface area contributed by atoms with Gasteiger partial charge in [-0.1, -0.05) is 30.3 Å². The average Bonchev–Trinajstić information content (AvgIpc) is 2.62. The molecule has 132 valence electrons. The van der Waals surface area contributed by atoms with E-state index < -0.39 is 18.0 Å². The molecule has 2 aromatic rings. The molecule has 0 fully saturated rings. The molecule has 0 saturated heterocycles. The van der Waals surface area contributed by atoms with E-state index in [2.05, 4.69) is 4.98 Å². The maximum Gasteiger partial charge on any atom is 0.335 e. The molecule has 0 saturated carbocycles. The van der Waals surface area contributed by atoms with Crippen LogP contribution in [-0.2, 0) is 11.3 Å². The summed E-state index contributed by atoms with van der Waals surface area (Å²) in [7, 11) is 1.51. The van der Waals surface area contributed by atoms with Gasteiger partial charge in [0.15, 0.2) is 0 Å². The zero-order valence-corrected chi connectivity index (χ0v) is 13.8. The molecule has 1 amide bonds. The number of aromatic carboxylic acids is 1. The van der Waals surface area contributed by atoms with Crippen molar-refractivity contribution in [3.8, 4) is 0 Å². The second kappa shape index (κ2) is 8.91. The van der Waals surface area contributed by atoms with Gasteiger partial charge in [0.25, 0.3) is 5.91 Å². The van der Waals surface area contributed by atoms with E-state index in [1.165, 1.54) is 30.3 Å². The molecule has 0 spiro atoms. The highest BCUT2D eigenvalue weighted by molar-refractivity contribution is 5.95. The Kier molecular flexibility index (Phi) is 6.62. The van der Waals surface area contributed by atoms with Crippen LogP contribution in [0, 0.1) is 0 Å². The number of likely N-dealkylation sites (N-methyl/N-ethyl adjacent to an activating group) is 1. The molecule has 0 bridgehead atoms. The quantitative estimate of drug-likeness (QED) is 0.751. The predicted octanol–water partition coefficient (Wildman–Crippen LogP) is 1.43. The normalized spacial score (nSPS) is 11.8. The minimum atomic E-state index is -1.13. The lowest BCUT2D eigenvalue weighted by Crippen LogP contribution is -2.36. The third kappa shape index (κ3) is 5.66. The van der Waals surface area contributed by atoms with Crippen LogP contribution in [0.4, 0.5) is 0 Å². The number of benzene rings is 1. The van der Waals surface area contributed by atoms with Gasteiger partial charge in [0.05, 0.1) is 24.9 Å². The molecule has 1 aromatic heterocycles. The van der Waals surface area contributed by atoms with Gasteiger partial charge in [-0.25, -0.2) is 4.79 Å². The van der Waals surface area contributed by atoms with Crippen LogP contribution >= 0.6 is 0 Å². The summed E-state index contributed by atoms with van der Waals surface area (Å²) in [5.41, 5.74) is 0.993. The van der Waals surface area contributed by atoms with E-state index in [0.717, 1.165) is 5.56 Å². The van der Waals surface area contributed by atoms with Crippen molar-refractivity contribution >= 4 is 11.9 Å². The predicted molar refractivity (Wildman–Crippen MR) is 90.3 cm³/mol. The molecule has 2 N–H and O–H groups in total. The number of ether oxygens (including phenoxy) is 1.